The number of carboxylic acids is 1. The lowest BCUT2D eigenvalue weighted by Crippen LogP contribution is -1.86. The van der Waals surface area contributed by atoms with E-state index >= 15 is 0 Å². The van der Waals surface area contributed by atoms with Crippen LogP contribution in [0.2, 0.25) is 0 Å². The molecule has 0 fully saturated rings. The summed E-state index contributed by atoms with van der Waals surface area (Å²) in [5, 5.41) is 10.3. The van der Waals surface area contributed by atoms with Crippen LogP contribution in [-0.4, -0.2) is 11.1 Å². The number of aliphatic carboxylic acids is 1. The van der Waals surface area contributed by atoms with E-state index in [1.165, 1.54) is 10.8 Å². The van der Waals surface area contributed by atoms with E-state index in [1.54, 1.807) is 6.92 Å². The first-order valence-electron chi connectivity index (χ1n) is 4.89. The Morgan fingerprint density at radius 3 is 1.47 bits per heavy atom. The van der Waals surface area contributed by atoms with Crippen molar-refractivity contribution in [1.82, 2.24) is 0 Å². The van der Waals surface area contributed by atoms with E-state index in [-0.39, 0.29) is 6.42 Å². The Kier molecular flexibility index (Phi) is 4.35. The number of carboxylic acid groups (broad SMARTS) is 1. The number of benzene rings is 2. The van der Waals surface area contributed by atoms with Crippen molar-refractivity contribution in [2.45, 2.75) is 13.3 Å². The maximum atomic E-state index is 9.37. The molecule has 0 amide bonds. The predicted octanol–water partition coefficient (Wildman–Crippen LogP) is 3.32. The third-order valence-corrected chi connectivity index (χ3v) is 1.96. The largest absolute Gasteiger partial charge is 0.481 e. The quantitative estimate of drug-likeness (QED) is 0.770. The van der Waals surface area contributed by atoms with Crippen molar-refractivity contribution in [3.05, 3.63) is 48.5 Å². The van der Waals surface area contributed by atoms with Crippen molar-refractivity contribution in [3.63, 3.8) is 0 Å². The molecule has 0 aliphatic carbocycles. The molecule has 0 aliphatic heterocycles. The van der Waals surface area contributed by atoms with Crippen LogP contribution in [0.15, 0.2) is 48.5 Å². The number of hydrogen-bond acceptors (Lipinski definition) is 1. The van der Waals surface area contributed by atoms with Gasteiger partial charge < -0.3 is 5.11 Å². The maximum absolute atomic E-state index is 9.37. The summed E-state index contributed by atoms with van der Waals surface area (Å²) in [7, 11) is 0. The molecule has 2 nitrogen and oxygen atoms in total. The van der Waals surface area contributed by atoms with Crippen LogP contribution in [0.5, 0.6) is 0 Å². The number of carbonyl (C=O) groups is 1. The lowest BCUT2D eigenvalue weighted by Gasteiger charge is -1.92. The second kappa shape index (κ2) is 5.81. The van der Waals surface area contributed by atoms with Crippen molar-refractivity contribution in [2.75, 3.05) is 0 Å². The number of rotatable bonds is 1. The van der Waals surface area contributed by atoms with Gasteiger partial charge in [0, 0.05) is 6.42 Å². The first kappa shape index (κ1) is 11.2. The highest BCUT2D eigenvalue weighted by Gasteiger charge is 1.85. The summed E-state index contributed by atoms with van der Waals surface area (Å²) in [6.07, 6.45) is 0.222. The molecule has 0 unspecified atom stereocenters. The first-order valence-corrected chi connectivity index (χ1v) is 4.89. The molecule has 0 radical (unpaired) electrons. The number of hydrogen-bond donors (Lipinski definition) is 1. The van der Waals surface area contributed by atoms with Gasteiger partial charge in [-0.05, 0) is 10.8 Å². The zero-order valence-corrected chi connectivity index (χ0v) is 8.68. The van der Waals surface area contributed by atoms with Crippen LogP contribution in [0.25, 0.3) is 10.8 Å². The minimum Gasteiger partial charge on any atom is -0.481 e. The van der Waals surface area contributed by atoms with Gasteiger partial charge in [-0.1, -0.05) is 55.5 Å². The minimum atomic E-state index is -0.745. The summed E-state index contributed by atoms with van der Waals surface area (Å²) >= 11 is 0. The molecular weight excluding hydrogens is 188 g/mol. The van der Waals surface area contributed by atoms with Crippen molar-refractivity contribution < 1.29 is 9.90 Å². The molecule has 0 aliphatic rings. The average molecular weight is 202 g/mol. The van der Waals surface area contributed by atoms with E-state index in [4.69, 9.17) is 5.11 Å². The third kappa shape index (κ3) is 3.81. The highest BCUT2D eigenvalue weighted by molar-refractivity contribution is 5.81. The van der Waals surface area contributed by atoms with Crippen molar-refractivity contribution in [3.8, 4) is 0 Å². The van der Waals surface area contributed by atoms with Crippen molar-refractivity contribution >= 4 is 16.7 Å². The summed E-state index contributed by atoms with van der Waals surface area (Å²) in [6.45, 7) is 1.60. The molecule has 0 atom stereocenters. The molecule has 2 rings (SSSR count). The second-order valence-corrected chi connectivity index (χ2v) is 3.09. The molecule has 2 aromatic carbocycles. The molecule has 15 heavy (non-hydrogen) atoms. The maximum Gasteiger partial charge on any atom is 0.303 e. The van der Waals surface area contributed by atoms with Gasteiger partial charge in [-0.2, -0.15) is 0 Å². The molecule has 2 heteroatoms. The average Bonchev–Trinajstić information content (AvgIpc) is 2.30. The smallest absolute Gasteiger partial charge is 0.303 e. The van der Waals surface area contributed by atoms with Gasteiger partial charge in [-0.3, -0.25) is 4.79 Å². The minimum absolute atomic E-state index is 0.222. The van der Waals surface area contributed by atoms with Gasteiger partial charge in [0.05, 0.1) is 0 Å². The highest BCUT2D eigenvalue weighted by Crippen LogP contribution is 2.11. The lowest BCUT2D eigenvalue weighted by molar-refractivity contribution is -0.136. The Balaban J connectivity index is 0.000000195. The van der Waals surface area contributed by atoms with E-state index in [2.05, 4.69) is 48.5 Å². The van der Waals surface area contributed by atoms with E-state index < -0.39 is 5.97 Å². The Labute approximate surface area is 89.2 Å². The van der Waals surface area contributed by atoms with Crippen LogP contribution in [0.1, 0.15) is 13.3 Å². The van der Waals surface area contributed by atoms with Gasteiger partial charge >= 0.3 is 5.97 Å². The summed E-state index contributed by atoms with van der Waals surface area (Å²) in [6, 6.07) is 16.7. The molecule has 0 saturated carbocycles. The van der Waals surface area contributed by atoms with Crippen LogP contribution in [0.4, 0.5) is 0 Å². The molecule has 0 spiro atoms. The third-order valence-electron chi connectivity index (χ3n) is 1.96. The molecule has 2 aromatic rings. The lowest BCUT2D eigenvalue weighted by atomic mass is 10.1. The monoisotopic (exact) mass is 202 g/mol. The summed E-state index contributed by atoms with van der Waals surface area (Å²) in [5.74, 6) is -0.745. The van der Waals surface area contributed by atoms with Crippen molar-refractivity contribution in [1.29, 1.82) is 0 Å². The Morgan fingerprint density at radius 1 is 1.00 bits per heavy atom. The Morgan fingerprint density at radius 2 is 1.27 bits per heavy atom. The molecule has 78 valence electrons. The van der Waals surface area contributed by atoms with E-state index in [0.29, 0.717) is 0 Å². The molecule has 0 heterocycles. The fourth-order valence-electron chi connectivity index (χ4n) is 1.13. The Bertz CT molecular complexity index is 370. The first-order chi connectivity index (χ1) is 7.24. The molecule has 0 aromatic heterocycles. The fraction of sp³-hybridized carbons (Fsp3) is 0.154. The summed E-state index contributed by atoms with van der Waals surface area (Å²) in [5.41, 5.74) is 0. The van der Waals surface area contributed by atoms with Gasteiger partial charge in [-0.15, -0.1) is 0 Å². The molecule has 0 saturated heterocycles. The van der Waals surface area contributed by atoms with Crippen LogP contribution in [-0.2, 0) is 4.79 Å². The van der Waals surface area contributed by atoms with Crippen molar-refractivity contribution in [2.24, 2.45) is 0 Å². The topological polar surface area (TPSA) is 37.3 Å². The molecule has 1 N–H and O–H groups in total. The zero-order valence-electron chi connectivity index (χ0n) is 8.68. The second-order valence-electron chi connectivity index (χ2n) is 3.09. The van der Waals surface area contributed by atoms with Gasteiger partial charge in [0.25, 0.3) is 0 Å². The predicted molar refractivity (Wildman–Crippen MR) is 61.9 cm³/mol. The summed E-state index contributed by atoms with van der Waals surface area (Å²) < 4.78 is 0. The number of fused-ring (bicyclic) bond motifs is 1. The SMILES string of the molecule is CCC(=O)O.c1ccc2ccccc2c1. The van der Waals surface area contributed by atoms with Gasteiger partial charge in [0.15, 0.2) is 0 Å². The highest BCUT2D eigenvalue weighted by atomic mass is 16.4. The van der Waals surface area contributed by atoms with Crippen LogP contribution in [0.3, 0.4) is 0 Å². The van der Waals surface area contributed by atoms with Gasteiger partial charge in [0.1, 0.15) is 0 Å². The molecular formula is C13H14O2. The standard InChI is InChI=1S/C10H8.C3H6O2/c1-2-6-10-8-4-3-7-9(10)5-1;1-2-3(4)5/h1-8H;2H2,1H3,(H,4,5). The van der Waals surface area contributed by atoms with Gasteiger partial charge in [0.2, 0.25) is 0 Å². The van der Waals surface area contributed by atoms with E-state index in [0.717, 1.165) is 0 Å². The van der Waals surface area contributed by atoms with Crippen LogP contribution >= 0.6 is 0 Å². The van der Waals surface area contributed by atoms with E-state index in [1.807, 2.05) is 0 Å². The fourth-order valence-corrected chi connectivity index (χ4v) is 1.13. The zero-order chi connectivity index (χ0) is 11.1. The van der Waals surface area contributed by atoms with Crippen LogP contribution in [0, 0.1) is 0 Å². The van der Waals surface area contributed by atoms with Gasteiger partial charge in [-0.25, -0.2) is 0 Å². The van der Waals surface area contributed by atoms with Crippen LogP contribution < -0.4 is 0 Å². The normalized spacial score (nSPS) is 9.13. The van der Waals surface area contributed by atoms with E-state index in [9.17, 15) is 4.79 Å². The molecule has 0 bridgehead atoms. The Hall–Kier alpha value is -1.83. The summed E-state index contributed by atoms with van der Waals surface area (Å²) in [4.78, 5) is 9.37.